The number of piperidine rings is 2. The number of hydrogen-bond donors (Lipinski definition) is 1. The molecule has 3 fully saturated rings. The van der Waals surface area contributed by atoms with Gasteiger partial charge in [-0.2, -0.15) is 0 Å². The summed E-state index contributed by atoms with van der Waals surface area (Å²) in [5.41, 5.74) is 0.902. The first kappa shape index (κ1) is 14.1. The van der Waals surface area contributed by atoms with Gasteiger partial charge in [0.1, 0.15) is 0 Å². The average Bonchev–Trinajstić information content (AvgIpc) is 2.48. The van der Waals surface area contributed by atoms with Gasteiger partial charge in [-0.05, 0) is 30.7 Å². The Morgan fingerprint density at radius 2 is 2.00 bits per heavy atom. The van der Waals surface area contributed by atoms with Crippen LogP contribution in [0.4, 0.5) is 0 Å². The molecule has 5 heteroatoms. The van der Waals surface area contributed by atoms with Crippen LogP contribution in [0.25, 0.3) is 0 Å². The molecular weight excluding hydrogens is 270 g/mol. The smallest absolute Gasteiger partial charge is 0.329 e. The Morgan fingerprint density at radius 3 is 2.67 bits per heavy atom. The van der Waals surface area contributed by atoms with E-state index < -0.39 is 11.9 Å². The molecule has 2 aliphatic heterocycles. The zero-order valence-corrected chi connectivity index (χ0v) is 11.8. The Labute approximate surface area is 123 Å². The van der Waals surface area contributed by atoms with Gasteiger partial charge in [0.05, 0.1) is 18.4 Å². The summed E-state index contributed by atoms with van der Waals surface area (Å²) in [5.74, 6) is -1.20. The largest absolute Gasteiger partial charge is 0.481 e. The molecule has 2 bridgehead atoms. The summed E-state index contributed by atoms with van der Waals surface area (Å²) < 4.78 is 0. The van der Waals surface area contributed by atoms with Crippen LogP contribution in [0.3, 0.4) is 0 Å². The molecule has 1 aliphatic carbocycles. The second-order valence-electron chi connectivity index (χ2n) is 5.92. The number of aliphatic carboxylic acids is 1. The van der Waals surface area contributed by atoms with E-state index in [9.17, 15) is 14.7 Å². The van der Waals surface area contributed by atoms with Crippen molar-refractivity contribution in [2.24, 2.45) is 11.8 Å². The fourth-order valence-corrected chi connectivity index (χ4v) is 3.44. The molecular formula is C16H19NO4. The maximum absolute atomic E-state index is 12.0. The van der Waals surface area contributed by atoms with Crippen molar-refractivity contribution in [1.29, 1.82) is 0 Å². The molecule has 0 radical (unpaired) electrons. The molecule has 5 nitrogen and oxygen atoms in total. The number of carboxylic acids is 1. The van der Waals surface area contributed by atoms with Crippen molar-refractivity contribution in [2.45, 2.75) is 31.7 Å². The fraction of sp³-hybridized carbons (Fsp3) is 0.500. The van der Waals surface area contributed by atoms with Crippen LogP contribution < -0.4 is 0 Å². The number of hydroxylamine groups is 2. The molecule has 0 amide bonds. The van der Waals surface area contributed by atoms with Crippen LogP contribution in [0, 0.1) is 11.8 Å². The standard InChI is InChI=1S/C16H19NO4/c18-15(9-11-4-2-1-3-5-11)21-17-10-12-6-7-14(17)13(8-12)16(19)20/h1-5,12-14H,6-10H2,(H,19,20)/t12-,13-,14-/m0/s1. The Bertz CT molecular complexity index is 530. The van der Waals surface area contributed by atoms with Gasteiger partial charge in [-0.25, -0.2) is 4.79 Å². The maximum atomic E-state index is 12.0. The minimum Gasteiger partial charge on any atom is -0.481 e. The fourth-order valence-electron chi connectivity index (χ4n) is 3.44. The van der Waals surface area contributed by atoms with E-state index in [4.69, 9.17) is 4.84 Å². The molecule has 4 rings (SSSR count). The number of hydrogen-bond acceptors (Lipinski definition) is 4. The number of carbonyl (C=O) groups excluding carboxylic acids is 1. The molecule has 1 saturated carbocycles. The molecule has 112 valence electrons. The summed E-state index contributed by atoms with van der Waals surface area (Å²) in [4.78, 5) is 28.8. The lowest BCUT2D eigenvalue weighted by Crippen LogP contribution is -2.55. The van der Waals surface area contributed by atoms with E-state index in [1.54, 1.807) is 5.06 Å². The normalized spacial score (nSPS) is 28.3. The van der Waals surface area contributed by atoms with E-state index in [2.05, 4.69) is 0 Å². The number of carboxylic acid groups (broad SMARTS) is 1. The van der Waals surface area contributed by atoms with Crippen molar-refractivity contribution in [3.8, 4) is 0 Å². The molecule has 21 heavy (non-hydrogen) atoms. The second kappa shape index (κ2) is 5.85. The third kappa shape index (κ3) is 3.08. The molecule has 1 N–H and O–H groups in total. The molecule has 2 saturated heterocycles. The summed E-state index contributed by atoms with van der Waals surface area (Å²) in [6.07, 6.45) is 2.74. The lowest BCUT2D eigenvalue weighted by molar-refractivity contribution is -0.234. The third-order valence-electron chi connectivity index (χ3n) is 4.46. The molecule has 0 spiro atoms. The topological polar surface area (TPSA) is 66.8 Å². The Hall–Kier alpha value is -1.88. The first-order valence-corrected chi connectivity index (χ1v) is 7.37. The average molecular weight is 289 g/mol. The molecule has 0 aromatic heterocycles. The minimum atomic E-state index is -0.784. The summed E-state index contributed by atoms with van der Waals surface area (Å²) in [5, 5.41) is 10.9. The highest BCUT2D eigenvalue weighted by Crippen LogP contribution is 2.39. The monoisotopic (exact) mass is 289 g/mol. The minimum absolute atomic E-state index is 0.174. The van der Waals surface area contributed by atoms with E-state index in [-0.39, 0.29) is 18.4 Å². The highest BCUT2D eigenvalue weighted by atomic mass is 16.7. The lowest BCUT2D eigenvalue weighted by Gasteiger charge is -2.46. The SMILES string of the molecule is O=C(Cc1ccccc1)ON1C[C@H]2CC[C@H]1[C@@H](C(=O)O)C2. The van der Waals surface area contributed by atoms with Crippen molar-refractivity contribution < 1.29 is 19.5 Å². The molecule has 1 aromatic carbocycles. The van der Waals surface area contributed by atoms with Gasteiger partial charge in [0.15, 0.2) is 0 Å². The number of benzene rings is 1. The number of nitrogens with zero attached hydrogens (tertiary/aromatic N) is 1. The van der Waals surface area contributed by atoms with Gasteiger partial charge in [0, 0.05) is 6.54 Å². The predicted molar refractivity (Wildman–Crippen MR) is 75.2 cm³/mol. The summed E-state index contributed by atoms with van der Waals surface area (Å²) in [6.45, 7) is 0.662. The molecule has 3 atom stereocenters. The second-order valence-corrected chi connectivity index (χ2v) is 5.92. The van der Waals surface area contributed by atoms with Crippen LogP contribution in [0.15, 0.2) is 30.3 Å². The first-order chi connectivity index (χ1) is 10.1. The quantitative estimate of drug-likeness (QED) is 0.916. The van der Waals surface area contributed by atoms with Gasteiger partial charge < -0.3 is 9.94 Å². The number of fused-ring (bicyclic) bond motifs is 3. The van der Waals surface area contributed by atoms with Crippen LogP contribution in [-0.4, -0.2) is 34.7 Å². The van der Waals surface area contributed by atoms with Gasteiger partial charge in [-0.3, -0.25) is 4.79 Å². The Kier molecular flexibility index (Phi) is 3.92. The summed E-state index contributed by atoms with van der Waals surface area (Å²) >= 11 is 0. The van der Waals surface area contributed by atoms with Crippen LogP contribution >= 0.6 is 0 Å². The van der Waals surface area contributed by atoms with Crippen LogP contribution in [-0.2, 0) is 20.8 Å². The van der Waals surface area contributed by atoms with Crippen LogP contribution in [0.1, 0.15) is 24.8 Å². The van der Waals surface area contributed by atoms with Crippen molar-refractivity contribution in [2.75, 3.05) is 6.54 Å². The first-order valence-electron chi connectivity index (χ1n) is 7.37. The molecule has 1 aromatic rings. The number of rotatable bonds is 4. The summed E-state index contributed by atoms with van der Waals surface area (Å²) in [7, 11) is 0. The van der Waals surface area contributed by atoms with E-state index in [0.29, 0.717) is 18.9 Å². The van der Waals surface area contributed by atoms with Crippen molar-refractivity contribution in [3.63, 3.8) is 0 Å². The Balaban J connectivity index is 1.62. The Morgan fingerprint density at radius 1 is 1.24 bits per heavy atom. The lowest BCUT2D eigenvalue weighted by atomic mass is 9.74. The van der Waals surface area contributed by atoms with Gasteiger partial charge >= 0.3 is 11.9 Å². The highest BCUT2D eigenvalue weighted by molar-refractivity contribution is 5.73. The third-order valence-corrected chi connectivity index (χ3v) is 4.46. The zero-order valence-electron chi connectivity index (χ0n) is 11.8. The van der Waals surface area contributed by atoms with Gasteiger partial charge in [-0.15, -0.1) is 5.06 Å². The molecule has 2 heterocycles. The van der Waals surface area contributed by atoms with E-state index in [1.165, 1.54) is 0 Å². The van der Waals surface area contributed by atoms with Crippen LogP contribution in [0.2, 0.25) is 0 Å². The van der Waals surface area contributed by atoms with Crippen molar-refractivity contribution in [1.82, 2.24) is 5.06 Å². The van der Waals surface area contributed by atoms with Crippen LogP contribution in [0.5, 0.6) is 0 Å². The highest BCUT2D eigenvalue weighted by Gasteiger charge is 2.46. The zero-order chi connectivity index (χ0) is 14.8. The van der Waals surface area contributed by atoms with Gasteiger partial charge in [0.2, 0.25) is 0 Å². The van der Waals surface area contributed by atoms with E-state index in [0.717, 1.165) is 18.4 Å². The van der Waals surface area contributed by atoms with Gasteiger partial charge in [0.25, 0.3) is 0 Å². The summed E-state index contributed by atoms with van der Waals surface area (Å²) in [6, 6.07) is 9.24. The van der Waals surface area contributed by atoms with Gasteiger partial charge in [-0.1, -0.05) is 30.3 Å². The van der Waals surface area contributed by atoms with Crippen molar-refractivity contribution in [3.05, 3.63) is 35.9 Å². The van der Waals surface area contributed by atoms with E-state index in [1.807, 2.05) is 30.3 Å². The van der Waals surface area contributed by atoms with Crippen molar-refractivity contribution >= 4 is 11.9 Å². The molecule has 0 unspecified atom stereocenters. The van der Waals surface area contributed by atoms with E-state index >= 15 is 0 Å². The molecule has 3 aliphatic rings. The number of carbonyl (C=O) groups is 2. The predicted octanol–water partition coefficient (Wildman–Crippen LogP) is 1.87. The maximum Gasteiger partial charge on any atom is 0.329 e.